The molecule has 5 nitrogen and oxygen atoms in total. The second-order valence-corrected chi connectivity index (χ2v) is 6.82. The zero-order valence-corrected chi connectivity index (χ0v) is 15.5. The van der Waals surface area contributed by atoms with Gasteiger partial charge in [0.1, 0.15) is 6.54 Å². The van der Waals surface area contributed by atoms with Gasteiger partial charge in [-0.1, -0.05) is 43.6 Å². The number of anilines is 2. The fraction of sp³-hybridized carbons (Fsp3) is 0.300. The van der Waals surface area contributed by atoms with Crippen LogP contribution in [0.25, 0.3) is 0 Å². The Kier molecular flexibility index (Phi) is 5.47. The molecule has 2 aromatic rings. The van der Waals surface area contributed by atoms with Crippen LogP contribution in [0, 0.1) is 0 Å². The predicted molar refractivity (Wildman–Crippen MR) is 103 cm³/mol. The van der Waals surface area contributed by atoms with Gasteiger partial charge in [-0.25, -0.2) is 4.79 Å². The number of ether oxygens (including phenoxy) is 1. The molecule has 0 bridgehead atoms. The van der Waals surface area contributed by atoms with Crippen LogP contribution in [-0.4, -0.2) is 25.0 Å². The highest BCUT2D eigenvalue weighted by Crippen LogP contribution is 2.34. The molecule has 1 atom stereocenters. The molecule has 0 aliphatic carbocycles. The van der Waals surface area contributed by atoms with Crippen LogP contribution in [0.2, 0.25) is 5.02 Å². The van der Waals surface area contributed by atoms with E-state index in [1.165, 1.54) is 0 Å². The lowest BCUT2D eigenvalue weighted by atomic mass is 9.97. The van der Waals surface area contributed by atoms with Crippen LogP contribution in [0.4, 0.5) is 11.4 Å². The molecule has 1 aliphatic rings. The molecule has 1 amide bonds. The monoisotopic (exact) mass is 372 g/mol. The highest BCUT2D eigenvalue weighted by atomic mass is 35.5. The molecule has 1 N–H and O–H groups in total. The van der Waals surface area contributed by atoms with Gasteiger partial charge < -0.3 is 15.0 Å². The van der Waals surface area contributed by atoms with Crippen molar-refractivity contribution >= 4 is 34.9 Å². The molecule has 0 fully saturated rings. The van der Waals surface area contributed by atoms with Crippen LogP contribution in [0.5, 0.6) is 5.75 Å². The molecule has 0 saturated heterocycles. The first-order valence-corrected chi connectivity index (χ1v) is 8.99. The van der Waals surface area contributed by atoms with Crippen molar-refractivity contribution in [2.24, 2.45) is 0 Å². The Bertz CT molecular complexity index is 838. The topological polar surface area (TPSA) is 58.6 Å². The van der Waals surface area contributed by atoms with E-state index in [2.05, 4.69) is 19.2 Å². The van der Waals surface area contributed by atoms with Crippen molar-refractivity contribution in [1.82, 2.24) is 0 Å². The summed E-state index contributed by atoms with van der Waals surface area (Å²) < 4.78 is 5.21. The third kappa shape index (κ3) is 3.99. The van der Waals surface area contributed by atoms with Crippen molar-refractivity contribution in [3.63, 3.8) is 0 Å². The Morgan fingerprint density at radius 1 is 1.31 bits per heavy atom. The summed E-state index contributed by atoms with van der Waals surface area (Å²) in [5.41, 5.74) is 2.55. The molecule has 0 radical (unpaired) electrons. The van der Waals surface area contributed by atoms with Crippen molar-refractivity contribution in [2.45, 2.75) is 26.2 Å². The number of hydrogen-bond acceptors (Lipinski definition) is 4. The summed E-state index contributed by atoms with van der Waals surface area (Å²) in [5.74, 6) is 0.170. The van der Waals surface area contributed by atoms with Gasteiger partial charge in [-0.15, -0.1) is 0 Å². The molecular weight excluding hydrogens is 352 g/mol. The first kappa shape index (κ1) is 18.3. The molecule has 6 heteroatoms. The number of rotatable bonds is 5. The largest absolute Gasteiger partial charge is 0.423 e. The molecule has 0 spiro atoms. The second-order valence-electron chi connectivity index (χ2n) is 6.39. The summed E-state index contributed by atoms with van der Waals surface area (Å²) in [6, 6.07) is 12.8. The van der Waals surface area contributed by atoms with E-state index >= 15 is 0 Å². The van der Waals surface area contributed by atoms with E-state index in [1.54, 1.807) is 23.1 Å². The lowest BCUT2D eigenvalue weighted by Crippen LogP contribution is -2.41. The van der Waals surface area contributed by atoms with Gasteiger partial charge in [0.05, 0.1) is 12.2 Å². The van der Waals surface area contributed by atoms with E-state index in [1.807, 2.05) is 24.3 Å². The predicted octanol–water partition coefficient (Wildman–Crippen LogP) is 4.22. The Morgan fingerprint density at radius 3 is 2.85 bits per heavy atom. The third-order valence-electron chi connectivity index (χ3n) is 4.52. The molecule has 0 aromatic heterocycles. The number of esters is 1. The highest BCUT2D eigenvalue weighted by molar-refractivity contribution is 6.31. The summed E-state index contributed by atoms with van der Waals surface area (Å²) >= 11 is 6.05. The number of fused-ring (bicyclic) bond motifs is 1. The van der Waals surface area contributed by atoms with Crippen LogP contribution >= 0.6 is 11.6 Å². The third-order valence-corrected chi connectivity index (χ3v) is 4.75. The smallest absolute Gasteiger partial charge is 0.331 e. The van der Waals surface area contributed by atoms with Gasteiger partial charge in [0.25, 0.3) is 0 Å². The molecule has 1 heterocycles. The van der Waals surface area contributed by atoms with E-state index in [-0.39, 0.29) is 19.0 Å². The first-order valence-electron chi connectivity index (χ1n) is 8.62. The number of benzene rings is 2. The lowest BCUT2D eigenvalue weighted by Gasteiger charge is -2.29. The maximum absolute atomic E-state index is 12.6. The van der Waals surface area contributed by atoms with Crippen LogP contribution in [0.1, 0.15) is 31.7 Å². The normalized spacial score (nSPS) is 14.4. The summed E-state index contributed by atoms with van der Waals surface area (Å²) in [4.78, 5) is 26.1. The molecule has 0 saturated carbocycles. The van der Waals surface area contributed by atoms with E-state index in [0.29, 0.717) is 22.4 Å². The van der Waals surface area contributed by atoms with Crippen LogP contribution < -0.4 is 15.0 Å². The maximum atomic E-state index is 12.6. The number of halogens is 1. The van der Waals surface area contributed by atoms with Gasteiger partial charge in [-0.3, -0.25) is 4.79 Å². The number of nitrogens with one attached hydrogen (secondary N) is 1. The van der Waals surface area contributed by atoms with Crippen LogP contribution in [0.15, 0.2) is 42.5 Å². The van der Waals surface area contributed by atoms with Crippen molar-refractivity contribution in [1.29, 1.82) is 0 Å². The molecule has 136 valence electrons. The number of nitrogens with zero attached hydrogens (tertiary/aromatic N) is 1. The molecule has 3 rings (SSSR count). The molecule has 1 unspecified atom stereocenters. The number of hydrogen-bond donors (Lipinski definition) is 1. The SMILES string of the molecule is CCC(C)c1ccccc1NC(=O)CN1CC(=O)Oc2ccc(Cl)cc21. The minimum absolute atomic E-state index is 0.00771. The molecule has 1 aliphatic heterocycles. The van der Waals surface area contributed by atoms with Gasteiger partial charge in [0, 0.05) is 10.7 Å². The van der Waals surface area contributed by atoms with E-state index < -0.39 is 5.97 Å². The van der Waals surface area contributed by atoms with Crippen LogP contribution in [0.3, 0.4) is 0 Å². The maximum Gasteiger partial charge on any atom is 0.331 e. The average Bonchev–Trinajstić information content (AvgIpc) is 2.62. The number of carbonyl (C=O) groups excluding carboxylic acids is 2. The van der Waals surface area contributed by atoms with Crippen molar-refractivity contribution in [3.8, 4) is 5.75 Å². The Balaban J connectivity index is 1.78. The summed E-state index contributed by atoms with van der Waals surface area (Å²) in [6.07, 6.45) is 0.983. The zero-order chi connectivity index (χ0) is 18.7. The molecule has 26 heavy (non-hydrogen) atoms. The number of carbonyl (C=O) groups is 2. The average molecular weight is 373 g/mol. The zero-order valence-electron chi connectivity index (χ0n) is 14.8. The summed E-state index contributed by atoms with van der Waals surface area (Å²) in [5, 5.41) is 3.49. The number of amides is 1. The minimum atomic E-state index is -0.396. The highest BCUT2D eigenvalue weighted by Gasteiger charge is 2.26. The fourth-order valence-electron chi connectivity index (χ4n) is 2.98. The van der Waals surface area contributed by atoms with Crippen LogP contribution in [-0.2, 0) is 9.59 Å². The van der Waals surface area contributed by atoms with E-state index in [9.17, 15) is 9.59 Å². The Morgan fingerprint density at radius 2 is 2.08 bits per heavy atom. The van der Waals surface area contributed by atoms with E-state index in [4.69, 9.17) is 16.3 Å². The van der Waals surface area contributed by atoms with Gasteiger partial charge in [-0.05, 0) is 42.2 Å². The fourth-order valence-corrected chi connectivity index (χ4v) is 3.15. The van der Waals surface area contributed by atoms with Gasteiger partial charge in [0.2, 0.25) is 5.91 Å². The van der Waals surface area contributed by atoms with Crippen molar-refractivity contribution in [2.75, 3.05) is 23.3 Å². The Labute approximate surface area is 157 Å². The summed E-state index contributed by atoms with van der Waals surface area (Å²) in [7, 11) is 0. The van der Waals surface area contributed by atoms with Crippen molar-refractivity contribution in [3.05, 3.63) is 53.1 Å². The Hall–Kier alpha value is -2.53. The second kappa shape index (κ2) is 7.79. The molecular formula is C20H21ClN2O3. The first-order chi connectivity index (χ1) is 12.5. The lowest BCUT2D eigenvalue weighted by molar-refractivity contribution is -0.133. The van der Waals surface area contributed by atoms with E-state index in [0.717, 1.165) is 17.7 Å². The quantitative estimate of drug-likeness (QED) is 0.630. The standard InChI is InChI=1S/C20H21ClN2O3/c1-3-13(2)15-6-4-5-7-16(15)22-19(24)11-23-12-20(25)26-18-9-8-14(21)10-17(18)23/h4-10,13H,3,11-12H2,1-2H3,(H,22,24). The van der Waals surface area contributed by atoms with Crippen molar-refractivity contribution < 1.29 is 14.3 Å². The molecule has 2 aromatic carbocycles. The van der Waals surface area contributed by atoms with Gasteiger partial charge >= 0.3 is 5.97 Å². The minimum Gasteiger partial charge on any atom is -0.423 e. The number of para-hydroxylation sites is 1. The summed E-state index contributed by atoms with van der Waals surface area (Å²) in [6.45, 7) is 4.29. The van der Waals surface area contributed by atoms with Gasteiger partial charge in [-0.2, -0.15) is 0 Å². The van der Waals surface area contributed by atoms with Gasteiger partial charge in [0.15, 0.2) is 5.75 Å².